The third-order valence-corrected chi connectivity index (χ3v) is 4.56. The van der Waals surface area contributed by atoms with Gasteiger partial charge in [-0.1, -0.05) is 57.2 Å². The minimum absolute atomic E-state index is 0.0244. The molecule has 1 aromatic carbocycles. The Morgan fingerprint density at radius 2 is 1.65 bits per heavy atom. The summed E-state index contributed by atoms with van der Waals surface area (Å²) >= 11 is 0. The summed E-state index contributed by atoms with van der Waals surface area (Å²) in [5, 5.41) is 3.81. The number of aryl methyl sites for hydroxylation is 1. The monoisotopic (exact) mass is 349 g/mol. The van der Waals surface area contributed by atoms with Crippen LogP contribution in [0.15, 0.2) is 48.7 Å². The van der Waals surface area contributed by atoms with Crippen molar-refractivity contribution in [3.8, 4) is 0 Å². The molecule has 3 aromatic rings. The minimum atomic E-state index is -0.0244. The van der Waals surface area contributed by atoms with E-state index in [1.54, 1.807) is 0 Å². The van der Waals surface area contributed by atoms with E-state index in [9.17, 15) is 0 Å². The van der Waals surface area contributed by atoms with Crippen LogP contribution in [0.5, 0.6) is 0 Å². The highest BCUT2D eigenvalue weighted by molar-refractivity contribution is 5.60. The lowest BCUT2D eigenvalue weighted by Gasteiger charge is -2.34. The number of fused-ring (bicyclic) bond motifs is 1. The van der Waals surface area contributed by atoms with Gasteiger partial charge in [-0.15, -0.1) is 0 Å². The van der Waals surface area contributed by atoms with Gasteiger partial charge in [-0.3, -0.25) is 4.40 Å². The van der Waals surface area contributed by atoms with E-state index in [0.717, 1.165) is 30.0 Å². The molecule has 0 aliphatic rings. The summed E-state index contributed by atoms with van der Waals surface area (Å²) in [6, 6.07) is 14.8. The Kier molecular flexibility index (Phi) is 4.83. The number of nitrogens with zero attached hydrogens (tertiary/aromatic N) is 2. The van der Waals surface area contributed by atoms with Gasteiger partial charge in [0.2, 0.25) is 0 Å². The van der Waals surface area contributed by atoms with Crippen LogP contribution >= 0.6 is 0 Å². The Bertz CT molecular complexity index is 883. The molecule has 0 spiro atoms. The Morgan fingerprint density at radius 1 is 0.962 bits per heavy atom. The minimum Gasteiger partial charge on any atom is -0.365 e. The first kappa shape index (κ1) is 18.5. The van der Waals surface area contributed by atoms with Gasteiger partial charge in [-0.2, -0.15) is 0 Å². The molecule has 0 unspecified atom stereocenters. The number of rotatable bonds is 5. The van der Waals surface area contributed by atoms with Crippen molar-refractivity contribution in [2.24, 2.45) is 5.41 Å². The van der Waals surface area contributed by atoms with E-state index in [-0.39, 0.29) is 11.0 Å². The van der Waals surface area contributed by atoms with E-state index in [4.69, 9.17) is 4.98 Å². The summed E-state index contributed by atoms with van der Waals surface area (Å²) in [4.78, 5) is 4.99. The summed E-state index contributed by atoms with van der Waals surface area (Å²) in [5.74, 6) is 1.11. The van der Waals surface area contributed by atoms with Crippen LogP contribution in [-0.2, 0) is 6.42 Å². The molecule has 0 fully saturated rings. The maximum Gasteiger partial charge on any atom is 0.141 e. The van der Waals surface area contributed by atoms with Crippen molar-refractivity contribution in [1.82, 2.24) is 9.38 Å². The molecule has 0 radical (unpaired) electrons. The molecule has 0 amide bonds. The van der Waals surface area contributed by atoms with Crippen molar-refractivity contribution in [1.29, 1.82) is 0 Å². The van der Waals surface area contributed by atoms with Gasteiger partial charge in [0.25, 0.3) is 0 Å². The van der Waals surface area contributed by atoms with Gasteiger partial charge in [0.1, 0.15) is 11.5 Å². The molecule has 138 valence electrons. The van der Waals surface area contributed by atoms with E-state index >= 15 is 0 Å². The first-order chi connectivity index (χ1) is 12.1. The molecule has 3 rings (SSSR count). The Balaban J connectivity index is 2.04. The highest BCUT2D eigenvalue weighted by Gasteiger charge is 2.27. The standard InChI is InChI=1S/C23H31N3/c1-17-11-10-14-26-20(17)24-19(15-18-12-8-7-9-13-18)21(26)25-23(5,6)16-22(2,3)4/h7-14,25H,15-16H2,1-6H3. The average molecular weight is 350 g/mol. The second-order valence-electron chi connectivity index (χ2n) is 9.20. The third kappa shape index (κ3) is 4.27. The van der Waals surface area contributed by atoms with Crippen molar-refractivity contribution in [3.05, 3.63) is 65.5 Å². The van der Waals surface area contributed by atoms with Crippen molar-refractivity contribution in [2.45, 2.75) is 59.9 Å². The lowest BCUT2D eigenvalue weighted by Crippen LogP contribution is -2.36. The van der Waals surface area contributed by atoms with Gasteiger partial charge in [-0.25, -0.2) is 4.98 Å². The zero-order chi connectivity index (χ0) is 18.9. The number of aromatic nitrogens is 2. The van der Waals surface area contributed by atoms with Gasteiger partial charge in [-0.05, 0) is 49.8 Å². The number of pyridine rings is 1. The van der Waals surface area contributed by atoms with Gasteiger partial charge in [0.15, 0.2) is 0 Å². The van der Waals surface area contributed by atoms with Crippen LogP contribution < -0.4 is 5.32 Å². The van der Waals surface area contributed by atoms with Gasteiger partial charge in [0.05, 0.1) is 5.69 Å². The summed E-state index contributed by atoms with van der Waals surface area (Å²) in [6.45, 7) is 13.6. The van der Waals surface area contributed by atoms with Crippen LogP contribution in [0.25, 0.3) is 5.65 Å². The molecule has 2 heterocycles. The molecule has 0 aliphatic carbocycles. The molecule has 1 N–H and O–H groups in total. The molecule has 0 saturated heterocycles. The number of imidazole rings is 1. The lowest BCUT2D eigenvalue weighted by atomic mass is 9.82. The van der Waals surface area contributed by atoms with Gasteiger partial charge >= 0.3 is 0 Å². The van der Waals surface area contributed by atoms with Crippen molar-refractivity contribution < 1.29 is 0 Å². The highest BCUT2D eigenvalue weighted by atomic mass is 15.2. The Labute approximate surface area is 157 Å². The maximum absolute atomic E-state index is 4.99. The molecule has 0 saturated carbocycles. The van der Waals surface area contributed by atoms with Crippen molar-refractivity contribution in [2.75, 3.05) is 5.32 Å². The average Bonchev–Trinajstić information content (AvgIpc) is 2.85. The Morgan fingerprint density at radius 3 is 2.31 bits per heavy atom. The first-order valence-corrected chi connectivity index (χ1v) is 9.43. The SMILES string of the molecule is Cc1cccn2c(NC(C)(C)CC(C)(C)C)c(Cc3ccccc3)nc12. The van der Waals surface area contributed by atoms with Crippen LogP contribution in [0.2, 0.25) is 0 Å². The fourth-order valence-corrected chi connectivity index (χ4v) is 3.99. The molecule has 3 nitrogen and oxygen atoms in total. The predicted octanol–water partition coefficient (Wildman–Crippen LogP) is 5.86. The van der Waals surface area contributed by atoms with Crippen LogP contribution in [0.3, 0.4) is 0 Å². The number of nitrogens with one attached hydrogen (secondary N) is 1. The third-order valence-electron chi connectivity index (χ3n) is 4.56. The number of benzene rings is 1. The molecule has 0 aliphatic heterocycles. The van der Waals surface area contributed by atoms with E-state index in [2.05, 4.69) is 99.9 Å². The number of hydrogen-bond acceptors (Lipinski definition) is 2. The number of hydrogen-bond donors (Lipinski definition) is 1. The van der Waals surface area contributed by atoms with E-state index < -0.39 is 0 Å². The molecular weight excluding hydrogens is 318 g/mol. The second-order valence-corrected chi connectivity index (χ2v) is 9.20. The quantitative estimate of drug-likeness (QED) is 0.625. The zero-order valence-corrected chi connectivity index (χ0v) is 16.9. The first-order valence-electron chi connectivity index (χ1n) is 9.43. The molecule has 3 heteroatoms. The van der Waals surface area contributed by atoms with Gasteiger partial charge < -0.3 is 5.32 Å². The fraction of sp³-hybridized carbons (Fsp3) is 0.435. The summed E-state index contributed by atoms with van der Waals surface area (Å²) in [5.41, 5.74) is 4.85. The zero-order valence-electron chi connectivity index (χ0n) is 16.9. The van der Waals surface area contributed by atoms with Crippen LogP contribution in [0.4, 0.5) is 5.82 Å². The summed E-state index contributed by atoms with van der Waals surface area (Å²) in [7, 11) is 0. The molecule has 26 heavy (non-hydrogen) atoms. The highest BCUT2D eigenvalue weighted by Crippen LogP contribution is 2.32. The normalized spacial score (nSPS) is 12.5. The smallest absolute Gasteiger partial charge is 0.141 e. The van der Waals surface area contributed by atoms with E-state index in [0.29, 0.717) is 0 Å². The second kappa shape index (κ2) is 6.79. The number of anilines is 1. The van der Waals surface area contributed by atoms with Crippen LogP contribution in [-0.4, -0.2) is 14.9 Å². The van der Waals surface area contributed by atoms with E-state index in [1.165, 1.54) is 11.1 Å². The topological polar surface area (TPSA) is 29.3 Å². The predicted molar refractivity (Wildman–Crippen MR) is 111 cm³/mol. The maximum atomic E-state index is 4.99. The molecule has 0 atom stereocenters. The van der Waals surface area contributed by atoms with E-state index in [1.807, 2.05) is 0 Å². The summed E-state index contributed by atoms with van der Waals surface area (Å²) < 4.78 is 2.21. The van der Waals surface area contributed by atoms with Crippen molar-refractivity contribution >= 4 is 11.5 Å². The lowest BCUT2D eigenvalue weighted by molar-refractivity contribution is 0.302. The van der Waals surface area contributed by atoms with Crippen LogP contribution in [0.1, 0.15) is 57.9 Å². The van der Waals surface area contributed by atoms with Crippen LogP contribution in [0, 0.1) is 12.3 Å². The fourth-order valence-electron chi connectivity index (χ4n) is 3.99. The Hall–Kier alpha value is -2.29. The molecule has 2 aromatic heterocycles. The molecular formula is C23H31N3. The largest absolute Gasteiger partial charge is 0.365 e. The van der Waals surface area contributed by atoms with Crippen molar-refractivity contribution in [3.63, 3.8) is 0 Å². The summed E-state index contributed by atoms with van der Waals surface area (Å²) in [6.07, 6.45) is 4.01. The molecule has 0 bridgehead atoms. The van der Waals surface area contributed by atoms with Gasteiger partial charge in [0, 0.05) is 18.2 Å².